The van der Waals surface area contributed by atoms with Crippen molar-refractivity contribution in [1.82, 2.24) is 10.2 Å². The molecule has 1 aromatic heterocycles. The van der Waals surface area contributed by atoms with Gasteiger partial charge in [-0.25, -0.2) is 0 Å². The maximum Gasteiger partial charge on any atom is 0.236 e. The van der Waals surface area contributed by atoms with E-state index >= 15 is 0 Å². The largest absolute Gasteiger partial charge is 0.474 e. The van der Waals surface area contributed by atoms with Crippen LogP contribution in [-0.2, 0) is 9.47 Å². The van der Waals surface area contributed by atoms with Crippen molar-refractivity contribution in [2.45, 2.75) is 13.8 Å². The Morgan fingerprint density at radius 3 is 2.41 bits per heavy atom. The van der Waals surface area contributed by atoms with Crippen molar-refractivity contribution < 1.29 is 14.2 Å². The zero-order chi connectivity index (χ0) is 12.7. The van der Waals surface area contributed by atoms with Crippen LogP contribution in [0, 0.1) is 13.8 Å². The van der Waals surface area contributed by atoms with Crippen LogP contribution in [0.5, 0.6) is 5.88 Å². The van der Waals surface area contributed by atoms with Gasteiger partial charge in [-0.05, 0) is 19.4 Å². The fourth-order valence-corrected chi connectivity index (χ4v) is 1.31. The lowest BCUT2D eigenvalue weighted by molar-refractivity contribution is 0.0534. The van der Waals surface area contributed by atoms with Crippen molar-refractivity contribution >= 4 is 11.6 Å². The molecule has 0 aliphatic rings. The van der Waals surface area contributed by atoms with E-state index in [4.69, 9.17) is 25.8 Å². The third-order valence-electron chi connectivity index (χ3n) is 2.32. The Morgan fingerprint density at radius 2 is 1.71 bits per heavy atom. The Balaban J connectivity index is 2.35. The second kappa shape index (κ2) is 7.42. The van der Waals surface area contributed by atoms with Gasteiger partial charge in [0.1, 0.15) is 6.61 Å². The molecule has 0 atom stereocenters. The Labute approximate surface area is 106 Å². The first-order valence-electron chi connectivity index (χ1n) is 5.35. The minimum absolute atomic E-state index is 0.409. The molecule has 0 amide bonds. The van der Waals surface area contributed by atoms with Gasteiger partial charge >= 0.3 is 0 Å². The third kappa shape index (κ3) is 4.46. The van der Waals surface area contributed by atoms with Crippen molar-refractivity contribution in [3.63, 3.8) is 0 Å². The quantitative estimate of drug-likeness (QED) is 0.700. The molecule has 5 nitrogen and oxygen atoms in total. The second-order valence-corrected chi connectivity index (χ2v) is 3.86. The van der Waals surface area contributed by atoms with E-state index in [-0.39, 0.29) is 0 Å². The van der Waals surface area contributed by atoms with Crippen LogP contribution in [0.25, 0.3) is 0 Å². The fraction of sp³-hybridized carbons (Fsp3) is 0.636. The molecule has 0 fully saturated rings. The van der Waals surface area contributed by atoms with E-state index in [1.807, 2.05) is 13.8 Å². The van der Waals surface area contributed by atoms with Crippen LogP contribution in [-0.4, -0.2) is 43.7 Å². The van der Waals surface area contributed by atoms with Gasteiger partial charge in [-0.1, -0.05) is 11.6 Å². The number of aromatic nitrogens is 2. The van der Waals surface area contributed by atoms with E-state index in [0.29, 0.717) is 37.5 Å². The third-order valence-corrected chi connectivity index (χ3v) is 2.68. The first-order valence-corrected chi connectivity index (χ1v) is 5.73. The highest BCUT2D eigenvalue weighted by Crippen LogP contribution is 2.21. The Morgan fingerprint density at radius 1 is 1.00 bits per heavy atom. The van der Waals surface area contributed by atoms with Crippen LogP contribution in [0.2, 0.25) is 5.15 Å². The summed E-state index contributed by atoms with van der Waals surface area (Å²) < 4.78 is 15.6. The van der Waals surface area contributed by atoms with Crippen LogP contribution in [0.4, 0.5) is 0 Å². The van der Waals surface area contributed by atoms with Crippen LogP contribution >= 0.6 is 11.6 Å². The molecule has 0 saturated carbocycles. The first-order chi connectivity index (χ1) is 8.16. The average Bonchev–Trinajstić information content (AvgIpc) is 2.33. The topological polar surface area (TPSA) is 53.5 Å². The summed E-state index contributed by atoms with van der Waals surface area (Å²) >= 11 is 5.84. The summed E-state index contributed by atoms with van der Waals surface area (Å²) in [5.41, 5.74) is 1.79. The maximum atomic E-state index is 5.84. The van der Waals surface area contributed by atoms with Crippen LogP contribution in [0.3, 0.4) is 0 Å². The molecule has 1 aromatic rings. The molecule has 1 rings (SSSR count). The predicted molar refractivity (Wildman–Crippen MR) is 64.7 cm³/mol. The van der Waals surface area contributed by atoms with E-state index in [1.165, 1.54) is 0 Å². The number of methoxy groups -OCH3 is 1. The molecular weight excluding hydrogens is 244 g/mol. The zero-order valence-corrected chi connectivity index (χ0v) is 11.1. The van der Waals surface area contributed by atoms with Crippen molar-refractivity contribution in [2.75, 3.05) is 33.5 Å². The highest BCUT2D eigenvalue weighted by molar-refractivity contribution is 6.30. The number of rotatable bonds is 7. The summed E-state index contributed by atoms with van der Waals surface area (Å²) in [4.78, 5) is 0. The van der Waals surface area contributed by atoms with Crippen LogP contribution in [0.15, 0.2) is 0 Å². The molecule has 17 heavy (non-hydrogen) atoms. The first kappa shape index (κ1) is 14.2. The van der Waals surface area contributed by atoms with Gasteiger partial charge in [0.15, 0.2) is 5.15 Å². The van der Waals surface area contributed by atoms with Crippen molar-refractivity contribution in [2.24, 2.45) is 0 Å². The Kier molecular flexibility index (Phi) is 6.18. The molecule has 0 spiro atoms. The molecule has 0 aliphatic heterocycles. The maximum absolute atomic E-state index is 5.84. The van der Waals surface area contributed by atoms with E-state index in [0.717, 1.165) is 11.1 Å². The van der Waals surface area contributed by atoms with E-state index < -0.39 is 0 Å². The minimum Gasteiger partial charge on any atom is -0.474 e. The number of hydrogen-bond donors (Lipinski definition) is 0. The molecule has 0 aromatic carbocycles. The van der Waals surface area contributed by atoms with E-state index in [1.54, 1.807) is 7.11 Å². The number of hydrogen-bond acceptors (Lipinski definition) is 5. The van der Waals surface area contributed by atoms with Gasteiger partial charge in [-0.3, -0.25) is 0 Å². The summed E-state index contributed by atoms with van der Waals surface area (Å²) in [5, 5.41) is 8.09. The molecule has 1 heterocycles. The molecule has 0 N–H and O–H groups in total. The van der Waals surface area contributed by atoms with Crippen LogP contribution in [0.1, 0.15) is 11.1 Å². The van der Waals surface area contributed by atoms with Gasteiger partial charge < -0.3 is 14.2 Å². The smallest absolute Gasteiger partial charge is 0.236 e. The second-order valence-electron chi connectivity index (χ2n) is 3.50. The van der Waals surface area contributed by atoms with Crippen molar-refractivity contribution in [3.8, 4) is 5.88 Å². The lowest BCUT2D eigenvalue weighted by Crippen LogP contribution is -2.11. The van der Waals surface area contributed by atoms with Crippen LogP contribution < -0.4 is 4.74 Å². The summed E-state index contributed by atoms with van der Waals surface area (Å²) in [6, 6.07) is 0. The van der Waals surface area contributed by atoms with Gasteiger partial charge in [0.2, 0.25) is 5.88 Å². The predicted octanol–water partition coefficient (Wildman–Crippen LogP) is 1.79. The van der Waals surface area contributed by atoms with Gasteiger partial charge in [-0.15, -0.1) is 10.2 Å². The monoisotopic (exact) mass is 260 g/mol. The molecule has 6 heteroatoms. The number of nitrogens with zero attached hydrogens (tertiary/aromatic N) is 2. The summed E-state index contributed by atoms with van der Waals surface area (Å²) in [6.07, 6.45) is 0. The Hall–Kier alpha value is -0.910. The highest BCUT2D eigenvalue weighted by atomic mass is 35.5. The molecule has 96 valence electrons. The zero-order valence-electron chi connectivity index (χ0n) is 10.3. The molecule has 0 unspecified atom stereocenters. The lowest BCUT2D eigenvalue weighted by atomic mass is 10.2. The molecule has 0 radical (unpaired) electrons. The molecule has 0 saturated heterocycles. The van der Waals surface area contributed by atoms with E-state index in [9.17, 15) is 0 Å². The fourth-order valence-electron chi connectivity index (χ4n) is 1.13. The Bertz CT molecular complexity index is 361. The van der Waals surface area contributed by atoms with Gasteiger partial charge in [0.25, 0.3) is 0 Å². The van der Waals surface area contributed by atoms with Gasteiger partial charge in [-0.2, -0.15) is 0 Å². The van der Waals surface area contributed by atoms with Gasteiger partial charge in [0, 0.05) is 12.7 Å². The molecule has 0 aliphatic carbocycles. The van der Waals surface area contributed by atoms with E-state index in [2.05, 4.69) is 10.2 Å². The summed E-state index contributed by atoms with van der Waals surface area (Å²) in [6.45, 7) is 5.85. The molecule has 0 bridgehead atoms. The summed E-state index contributed by atoms with van der Waals surface area (Å²) in [5.74, 6) is 0.502. The van der Waals surface area contributed by atoms with Crippen molar-refractivity contribution in [3.05, 3.63) is 16.3 Å². The number of ether oxygens (including phenoxy) is 3. The minimum atomic E-state index is 0.409. The lowest BCUT2D eigenvalue weighted by Gasteiger charge is -2.09. The average molecular weight is 261 g/mol. The normalized spacial score (nSPS) is 10.6. The standard InChI is InChI=1S/C11H17ClN2O3/c1-8-9(2)11(14-13-10(8)12)17-7-6-16-5-4-15-3/h4-7H2,1-3H3. The highest BCUT2D eigenvalue weighted by Gasteiger charge is 2.08. The van der Waals surface area contributed by atoms with Gasteiger partial charge in [0.05, 0.1) is 19.8 Å². The number of halogens is 1. The summed E-state index contributed by atoms with van der Waals surface area (Å²) in [7, 11) is 1.63. The SMILES string of the molecule is COCCOCCOc1nnc(Cl)c(C)c1C. The molecular formula is C11H17ClN2O3. The van der Waals surface area contributed by atoms with Crippen molar-refractivity contribution in [1.29, 1.82) is 0 Å².